The van der Waals surface area contributed by atoms with Crippen LogP contribution in [0.4, 0.5) is 0 Å². The third-order valence-corrected chi connectivity index (χ3v) is 10.7. The number of fused-ring (bicyclic) bond motifs is 3. The summed E-state index contributed by atoms with van der Waals surface area (Å²) in [5.41, 5.74) is -2.51. The summed E-state index contributed by atoms with van der Waals surface area (Å²) in [5, 5.41) is 37.3. The molecule has 6 aromatic heterocycles. The minimum absolute atomic E-state index is 0. The minimum Gasteiger partial charge on any atom is -0.396 e. The molecule has 24 heteroatoms. The van der Waals surface area contributed by atoms with Crippen LogP contribution in [0.15, 0.2) is 47.7 Å². The molecule has 0 aliphatic carbocycles. The highest BCUT2D eigenvalue weighted by Gasteiger charge is 2.35. The van der Waals surface area contributed by atoms with E-state index in [9.17, 15) is 49.2 Å². The van der Waals surface area contributed by atoms with Gasteiger partial charge in [-0.3, -0.25) is 41.8 Å². The summed E-state index contributed by atoms with van der Waals surface area (Å²) in [6, 6.07) is 0. The lowest BCUT2D eigenvalue weighted by atomic mass is 9.88. The Labute approximate surface area is 346 Å². The molecule has 330 valence electrons. The van der Waals surface area contributed by atoms with Crippen molar-refractivity contribution in [3.63, 3.8) is 0 Å². The van der Waals surface area contributed by atoms with Gasteiger partial charge in [0.15, 0.2) is 33.5 Å². The first kappa shape index (κ1) is 47.2. The molecule has 0 bridgehead atoms. The van der Waals surface area contributed by atoms with Gasteiger partial charge >= 0.3 is 17.1 Å². The van der Waals surface area contributed by atoms with E-state index in [-0.39, 0.29) is 68.6 Å². The van der Waals surface area contributed by atoms with Crippen molar-refractivity contribution in [2.24, 2.45) is 58.5 Å². The zero-order valence-corrected chi connectivity index (χ0v) is 35.8. The molecule has 7 heterocycles. The molecule has 1 fully saturated rings. The van der Waals surface area contributed by atoms with Crippen LogP contribution in [0.2, 0.25) is 0 Å². The second-order valence-electron chi connectivity index (χ2n) is 16.3. The summed E-state index contributed by atoms with van der Waals surface area (Å²) in [7, 11) is 9.78. The van der Waals surface area contributed by atoms with E-state index >= 15 is 0 Å². The van der Waals surface area contributed by atoms with Crippen molar-refractivity contribution in [2.45, 2.75) is 40.4 Å². The molecular weight excluding hydrogens is 812 g/mol. The lowest BCUT2D eigenvalue weighted by Crippen LogP contribution is -2.50. The lowest BCUT2D eigenvalue weighted by Gasteiger charge is -2.38. The van der Waals surface area contributed by atoms with E-state index < -0.39 is 33.3 Å². The quantitative estimate of drug-likeness (QED) is 0.105. The van der Waals surface area contributed by atoms with Crippen molar-refractivity contribution in [3.8, 4) is 0 Å². The Morgan fingerprint density at radius 3 is 1.12 bits per heavy atom. The number of hydrogen-bond acceptors (Lipinski definition) is 14. The van der Waals surface area contributed by atoms with E-state index in [1.807, 2.05) is 6.92 Å². The van der Waals surface area contributed by atoms with E-state index in [1.54, 1.807) is 62.1 Å². The van der Waals surface area contributed by atoms with Crippen molar-refractivity contribution in [3.05, 3.63) is 81.5 Å². The largest absolute Gasteiger partial charge is 0.396 e. The summed E-state index contributed by atoms with van der Waals surface area (Å²) < 4.78 is 17.2. The van der Waals surface area contributed by atoms with Gasteiger partial charge in [0.1, 0.15) is 0 Å². The molecule has 7 rings (SSSR count). The molecule has 1 aliphatic rings. The third-order valence-electron chi connectivity index (χ3n) is 10.7. The van der Waals surface area contributed by atoms with E-state index in [2.05, 4.69) is 15.0 Å². The number of aromatic nitrogens is 12. The van der Waals surface area contributed by atoms with Crippen molar-refractivity contribution in [1.82, 2.24) is 56.1 Å². The fourth-order valence-electron chi connectivity index (χ4n) is 6.59. The van der Waals surface area contributed by atoms with Crippen molar-refractivity contribution in [2.75, 3.05) is 39.6 Å². The maximum Gasteiger partial charge on any atom is 0.332 e. The van der Waals surface area contributed by atoms with E-state index in [0.717, 1.165) is 9.13 Å². The standard InChI is InChI=1S/2C12H18N4O4.C12H16N4O3.ClH/c2*1-12(5-17,6-18)4-16-10(19)8-9(13-7-14(8)2)15(3)11(16)20;1-12(5-19-6-12)4-16-10(17)8-9(13-7-14(8)2)15(3)11(16)18;/h2*7,17-18H,4-6H2,1-3H3;7H,4-6H2,1-3H3;1H. The molecule has 60 heavy (non-hydrogen) atoms. The van der Waals surface area contributed by atoms with Gasteiger partial charge in [0.25, 0.3) is 16.7 Å². The molecule has 23 nitrogen and oxygen atoms in total. The predicted molar refractivity (Wildman–Crippen MR) is 221 cm³/mol. The van der Waals surface area contributed by atoms with E-state index in [0.29, 0.717) is 53.3 Å². The molecule has 0 radical (unpaired) electrons. The number of halogens is 1. The number of ether oxygens (including phenoxy) is 1. The van der Waals surface area contributed by atoms with Gasteiger partial charge in [0.05, 0.1) is 58.6 Å². The van der Waals surface area contributed by atoms with Crippen LogP contribution in [0, 0.1) is 16.2 Å². The van der Waals surface area contributed by atoms with Gasteiger partial charge in [-0.05, 0) is 0 Å². The van der Waals surface area contributed by atoms with Crippen molar-refractivity contribution >= 4 is 45.9 Å². The van der Waals surface area contributed by atoms with Crippen molar-refractivity contribution < 1.29 is 25.2 Å². The Balaban J connectivity index is 0.000000197. The molecule has 0 saturated carbocycles. The zero-order chi connectivity index (χ0) is 43.9. The molecule has 6 aromatic rings. The highest BCUT2D eigenvalue weighted by molar-refractivity contribution is 5.85. The second kappa shape index (κ2) is 17.6. The van der Waals surface area contributed by atoms with Crippen LogP contribution in [0.25, 0.3) is 33.5 Å². The minimum atomic E-state index is -0.942. The fraction of sp³-hybridized carbons (Fsp3) is 0.583. The van der Waals surface area contributed by atoms with Crippen LogP contribution in [-0.2, 0) is 66.7 Å². The Kier molecular flexibility index (Phi) is 13.9. The summed E-state index contributed by atoms with van der Waals surface area (Å²) in [6.07, 6.45) is 4.48. The highest BCUT2D eigenvalue weighted by Crippen LogP contribution is 2.27. The molecule has 1 aliphatic heterocycles. The fourth-order valence-corrected chi connectivity index (χ4v) is 6.59. The van der Waals surface area contributed by atoms with Crippen LogP contribution in [0.5, 0.6) is 0 Å². The summed E-state index contributed by atoms with van der Waals surface area (Å²) in [6.45, 7) is 5.29. The zero-order valence-electron chi connectivity index (χ0n) is 35.0. The van der Waals surface area contributed by atoms with Crippen LogP contribution in [0.3, 0.4) is 0 Å². The lowest BCUT2D eigenvalue weighted by molar-refractivity contribution is -0.111. The summed E-state index contributed by atoms with van der Waals surface area (Å²) >= 11 is 0. The SMILES string of the molecule is Cl.Cn1cnc2c1c(=O)n(CC(C)(CO)CO)c(=O)n2C.Cn1cnc2c1c(=O)n(CC(C)(CO)CO)c(=O)n2C.Cn1cnc2c1c(=O)n(CC1(C)COC1)c(=O)n2C. The van der Waals surface area contributed by atoms with Gasteiger partial charge in [-0.2, -0.15) is 0 Å². The van der Waals surface area contributed by atoms with Crippen molar-refractivity contribution in [1.29, 1.82) is 0 Å². The number of hydrogen-bond donors (Lipinski definition) is 4. The van der Waals surface area contributed by atoms with Gasteiger partial charge in [0, 0.05) is 78.2 Å². The van der Waals surface area contributed by atoms with Crippen LogP contribution in [0.1, 0.15) is 20.8 Å². The van der Waals surface area contributed by atoms with Gasteiger partial charge in [-0.1, -0.05) is 20.8 Å². The first-order valence-electron chi connectivity index (χ1n) is 18.5. The molecule has 1 saturated heterocycles. The number of nitrogens with zero attached hydrogens (tertiary/aromatic N) is 12. The maximum atomic E-state index is 12.4. The van der Waals surface area contributed by atoms with Gasteiger partial charge in [-0.15, -0.1) is 12.4 Å². The van der Waals surface area contributed by atoms with Gasteiger partial charge < -0.3 is 38.9 Å². The number of imidazole rings is 3. The monoisotopic (exact) mass is 864 g/mol. The average Bonchev–Trinajstić information content (AvgIpc) is 3.93. The molecule has 0 spiro atoms. The topological polar surface area (TPSA) is 276 Å². The first-order chi connectivity index (χ1) is 27.6. The van der Waals surface area contributed by atoms with Gasteiger partial charge in [-0.25, -0.2) is 29.3 Å². The van der Waals surface area contributed by atoms with E-state index in [1.165, 1.54) is 45.0 Å². The predicted octanol–water partition coefficient (Wildman–Crippen LogP) is -3.26. The molecule has 0 unspecified atom stereocenters. The molecular formula is C36H53ClN12O11. The first-order valence-corrected chi connectivity index (χ1v) is 18.5. The second-order valence-corrected chi connectivity index (χ2v) is 16.3. The number of aryl methyl sites for hydroxylation is 6. The molecule has 0 amide bonds. The maximum absolute atomic E-state index is 12.4. The van der Waals surface area contributed by atoms with E-state index in [4.69, 9.17) is 4.74 Å². The Morgan fingerprint density at radius 2 is 0.850 bits per heavy atom. The van der Waals surface area contributed by atoms with Crippen LogP contribution >= 0.6 is 12.4 Å². The number of aliphatic hydroxyl groups excluding tert-OH is 4. The van der Waals surface area contributed by atoms with Crippen LogP contribution in [-0.4, -0.2) is 116 Å². The highest BCUT2D eigenvalue weighted by atomic mass is 35.5. The smallest absolute Gasteiger partial charge is 0.332 e. The molecule has 0 aromatic carbocycles. The Bertz CT molecular complexity index is 2760. The normalized spacial score (nSPS) is 13.8. The number of rotatable bonds is 10. The average molecular weight is 865 g/mol. The third kappa shape index (κ3) is 8.45. The Hall–Kier alpha value is -5.46. The summed E-state index contributed by atoms with van der Waals surface area (Å²) in [5.74, 6) is 0. The van der Waals surface area contributed by atoms with Crippen LogP contribution < -0.4 is 33.7 Å². The molecule has 4 N–H and O–H groups in total. The summed E-state index contributed by atoms with van der Waals surface area (Å²) in [4.78, 5) is 86.2. The molecule has 0 atom stereocenters. The van der Waals surface area contributed by atoms with Gasteiger partial charge in [0.2, 0.25) is 0 Å². The number of aliphatic hydroxyl groups is 4. The Morgan fingerprint density at radius 1 is 0.567 bits per heavy atom.